The van der Waals surface area contributed by atoms with Gasteiger partial charge in [-0.15, -0.1) is 11.8 Å². The highest BCUT2D eigenvalue weighted by atomic mass is 32.2. The molecule has 2 rings (SSSR count). The van der Waals surface area contributed by atoms with Gasteiger partial charge in [-0.05, 0) is 36.3 Å². The number of rotatable bonds is 5. The minimum absolute atomic E-state index is 0.305. The third kappa shape index (κ3) is 4.25. The Kier molecular flexibility index (Phi) is 5.92. The van der Waals surface area contributed by atoms with Gasteiger partial charge in [0, 0.05) is 37.5 Å². The van der Waals surface area contributed by atoms with Gasteiger partial charge in [0.25, 0.3) is 0 Å². The molecule has 110 valence electrons. The second-order valence-corrected chi connectivity index (χ2v) is 6.22. The molecular weight excluding hydrogens is 268 g/mol. The van der Waals surface area contributed by atoms with E-state index in [1.54, 1.807) is 11.8 Å². The summed E-state index contributed by atoms with van der Waals surface area (Å²) in [6, 6.07) is 8.70. The van der Waals surface area contributed by atoms with Crippen LogP contribution in [0.2, 0.25) is 0 Å². The van der Waals surface area contributed by atoms with Crippen molar-refractivity contribution in [3.63, 3.8) is 0 Å². The van der Waals surface area contributed by atoms with Crippen molar-refractivity contribution < 1.29 is 4.79 Å². The standard InChI is InChI=1S/C16H24N2OS/c1-13(14-4-6-15(20-2)7-5-14)3-8-16(19)18-11-9-17-10-12-18/h4-7,13,17H,3,8-12H2,1-2H3. The maximum absolute atomic E-state index is 12.1. The Labute approximate surface area is 126 Å². The molecular formula is C16H24N2OS. The summed E-state index contributed by atoms with van der Waals surface area (Å²) in [5.41, 5.74) is 1.33. The summed E-state index contributed by atoms with van der Waals surface area (Å²) < 4.78 is 0. The highest BCUT2D eigenvalue weighted by molar-refractivity contribution is 7.98. The van der Waals surface area contributed by atoms with Crippen molar-refractivity contribution in [2.24, 2.45) is 0 Å². The Bertz CT molecular complexity index is 427. The summed E-state index contributed by atoms with van der Waals surface area (Å²) in [5.74, 6) is 0.747. The van der Waals surface area contributed by atoms with Gasteiger partial charge in [0.1, 0.15) is 0 Å². The molecule has 1 aromatic rings. The summed E-state index contributed by atoms with van der Waals surface area (Å²) in [6.07, 6.45) is 3.68. The number of piperazine rings is 1. The molecule has 1 aliphatic rings. The molecule has 3 nitrogen and oxygen atoms in total. The Balaban J connectivity index is 1.81. The number of carbonyl (C=O) groups excluding carboxylic acids is 1. The summed E-state index contributed by atoms with van der Waals surface area (Å²) in [7, 11) is 0. The van der Waals surface area contributed by atoms with Crippen LogP contribution in [0.15, 0.2) is 29.2 Å². The fraction of sp³-hybridized carbons (Fsp3) is 0.562. The van der Waals surface area contributed by atoms with Crippen LogP contribution in [0.4, 0.5) is 0 Å². The Morgan fingerprint density at radius 3 is 2.55 bits per heavy atom. The summed E-state index contributed by atoms with van der Waals surface area (Å²) >= 11 is 1.76. The number of nitrogens with zero attached hydrogens (tertiary/aromatic N) is 1. The number of amides is 1. The molecule has 0 spiro atoms. The van der Waals surface area contributed by atoms with Crippen molar-refractivity contribution in [1.82, 2.24) is 10.2 Å². The van der Waals surface area contributed by atoms with E-state index in [2.05, 4.69) is 42.8 Å². The zero-order valence-electron chi connectivity index (χ0n) is 12.4. The van der Waals surface area contributed by atoms with E-state index in [1.807, 2.05) is 4.90 Å². The summed E-state index contributed by atoms with van der Waals surface area (Å²) in [4.78, 5) is 15.4. The normalized spacial score (nSPS) is 17.0. The van der Waals surface area contributed by atoms with Crippen LogP contribution in [-0.4, -0.2) is 43.2 Å². The molecule has 0 saturated carbocycles. The number of carbonyl (C=O) groups is 1. The van der Waals surface area contributed by atoms with Crippen LogP contribution >= 0.6 is 11.8 Å². The lowest BCUT2D eigenvalue weighted by Crippen LogP contribution is -2.46. The Morgan fingerprint density at radius 1 is 1.30 bits per heavy atom. The van der Waals surface area contributed by atoms with Gasteiger partial charge >= 0.3 is 0 Å². The number of hydrogen-bond acceptors (Lipinski definition) is 3. The highest BCUT2D eigenvalue weighted by Gasteiger charge is 2.17. The molecule has 0 radical (unpaired) electrons. The molecule has 0 bridgehead atoms. The Hall–Kier alpha value is -1.00. The first-order valence-electron chi connectivity index (χ1n) is 7.33. The van der Waals surface area contributed by atoms with Crippen molar-refractivity contribution >= 4 is 17.7 Å². The van der Waals surface area contributed by atoms with E-state index in [0.29, 0.717) is 18.2 Å². The van der Waals surface area contributed by atoms with Crippen molar-refractivity contribution in [1.29, 1.82) is 0 Å². The SMILES string of the molecule is CSc1ccc(C(C)CCC(=O)N2CCNCC2)cc1. The lowest BCUT2D eigenvalue weighted by atomic mass is 9.96. The number of benzene rings is 1. The van der Waals surface area contributed by atoms with Gasteiger partial charge in [0.05, 0.1) is 0 Å². The first kappa shape index (κ1) is 15.4. The predicted molar refractivity (Wildman–Crippen MR) is 85.3 cm³/mol. The summed E-state index contributed by atoms with van der Waals surface area (Å²) in [6.45, 7) is 5.78. The largest absolute Gasteiger partial charge is 0.340 e. The highest BCUT2D eigenvalue weighted by Crippen LogP contribution is 2.23. The number of thioether (sulfide) groups is 1. The van der Waals surface area contributed by atoms with Gasteiger partial charge in [-0.2, -0.15) is 0 Å². The van der Waals surface area contributed by atoms with Gasteiger partial charge in [0.2, 0.25) is 5.91 Å². The molecule has 0 aliphatic carbocycles. The molecule has 1 amide bonds. The minimum Gasteiger partial charge on any atom is -0.340 e. The average Bonchev–Trinajstić information content (AvgIpc) is 2.53. The topological polar surface area (TPSA) is 32.3 Å². The quantitative estimate of drug-likeness (QED) is 0.847. The van der Waals surface area contributed by atoms with Crippen LogP contribution < -0.4 is 5.32 Å². The lowest BCUT2D eigenvalue weighted by Gasteiger charge is -2.27. The zero-order chi connectivity index (χ0) is 14.4. The smallest absolute Gasteiger partial charge is 0.222 e. The van der Waals surface area contributed by atoms with Gasteiger partial charge in [-0.1, -0.05) is 19.1 Å². The van der Waals surface area contributed by atoms with Gasteiger partial charge in [-0.3, -0.25) is 4.79 Å². The van der Waals surface area contributed by atoms with Crippen LogP contribution in [0.5, 0.6) is 0 Å². The maximum Gasteiger partial charge on any atom is 0.222 e. The van der Waals surface area contributed by atoms with Crippen molar-refractivity contribution in [3.8, 4) is 0 Å². The van der Waals surface area contributed by atoms with Crippen molar-refractivity contribution in [3.05, 3.63) is 29.8 Å². The van der Waals surface area contributed by atoms with E-state index in [-0.39, 0.29) is 0 Å². The zero-order valence-corrected chi connectivity index (χ0v) is 13.2. The molecule has 20 heavy (non-hydrogen) atoms. The second kappa shape index (κ2) is 7.70. The van der Waals surface area contributed by atoms with Crippen LogP contribution in [0, 0.1) is 0 Å². The third-order valence-corrected chi connectivity index (χ3v) is 4.69. The van der Waals surface area contributed by atoms with Crippen LogP contribution in [0.25, 0.3) is 0 Å². The van der Waals surface area contributed by atoms with E-state index in [1.165, 1.54) is 10.5 Å². The summed E-state index contributed by atoms with van der Waals surface area (Å²) in [5, 5.41) is 3.28. The molecule has 1 heterocycles. The first-order chi connectivity index (χ1) is 9.70. The van der Waals surface area contributed by atoms with Crippen LogP contribution in [0.3, 0.4) is 0 Å². The monoisotopic (exact) mass is 292 g/mol. The van der Waals surface area contributed by atoms with Crippen molar-refractivity contribution in [2.75, 3.05) is 32.4 Å². The van der Waals surface area contributed by atoms with Gasteiger partial charge in [0.15, 0.2) is 0 Å². The van der Waals surface area contributed by atoms with E-state index < -0.39 is 0 Å². The van der Waals surface area contributed by atoms with E-state index in [0.717, 1.165) is 32.6 Å². The fourth-order valence-electron chi connectivity index (χ4n) is 2.51. The fourth-order valence-corrected chi connectivity index (χ4v) is 2.92. The van der Waals surface area contributed by atoms with Crippen LogP contribution in [0.1, 0.15) is 31.2 Å². The minimum atomic E-state index is 0.305. The third-order valence-electron chi connectivity index (χ3n) is 3.95. The average molecular weight is 292 g/mol. The van der Waals surface area contributed by atoms with E-state index >= 15 is 0 Å². The van der Waals surface area contributed by atoms with Crippen molar-refractivity contribution in [2.45, 2.75) is 30.6 Å². The first-order valence-corrected chi connectivity index (χ1v) is 8.55. The number of hydrogen-bond donors (Lipinski definition) is 1. The number of nitrogens with one attached hydrogen (secondary N) is 1. The molecule has 4 heteroatoms. The second-order valence-electron chi connectivity index (χ2n) is 5.34. The molecule has 0 aromatic heterocycles. The molecule has 1 aliphatic heterocycles. The van der Waals surface area contributed by atoms with E-state index in [4.69, 9.17) is 0 Å². The molecule has 1 N–H and O–H groups in total. The molecule has 1 aromatic carbocycles. The Morgan fingerprint density at radius 2 is 1.95 bits per heavy atom. The molecule has 1 unspecified atom stereocenters. The van der Waals surface area contributed by atoms with Gasteiger partial charge < -0.3 is 10.2 Å². The lowest BCUT2D eigenvalue weighted by molar-refractivity contribution is -0.131. The predicted octanol–water partition coefficient (Wildman–Crippen LogP) is 2.72. The van der Waals surface area contributed by atoms with Crippen LogP contribution in [-0.2, 0) is 4.79 Å². The van der Waals surface area contributed by atoms with Gasteiger partial charge in [-0.25, -0.2) is 0 Å². The molecule has 1 fully saturated rings. The molecule has 1 saturated heterocycles. The van der Waals surface area contributed by atoms with E-state index in [9.17, 15) is 4.79 Å². The maximum atomic E-state index is 12.1. The molecule has 1 atom stereocenters.